The number of carbonyl (C=O) groups is 1. The molecule has 0 amide bonds. The van der Waals surface area contributed by atoms with Crippen LogP contribution >= 0.6 is 0 Å². The number of carbonyl (C=O) groups excluding carboxylic acids is 1. The van der Waals surface area contributed by atoms with Crippen molar-refractivity contribution in [3.63, 3.8) is 0 Å². The highest BCUT2D eigenvalue weighted by atomic mass is 16.5. The van der Waals surface area contributed by atoms with Crippen LogP contribution in [0.2, 0.25) is 0 Å². The second kappa shape index (κ2) is 6.72. The average molecular weight is 302 g/mol. The van der Waals surface area contributed by atoms with E-state index in [2.05, 4.69) is 10.3 Å². The molecule has 0 atom stereocenters. The van der Waals surface area contributed by atoms with Gasteiger partial charge in [-0.15, -0.1) is 0 Å². The summed E-state index contributed by atoms with van der Waals surface area (Å²) in [5, 5.41) is 4.14. The van der Waals surface area contributed by atoms with Crippen LogP contribution in [0.5, 0.6) is 0 Å². The van der Waals surface area contributed by atoms with E-state index in [1.165, 1.54) is 4.90 Å². The molecule has 0 radical (unpaired) electrons. The SMILES string of the molecule is O=Cc1c(NCC[NH+]2CCOCC2)c2ccccc2[nH]c1=O. The number of hydrogen-bond acceptors (Lipinski definition) is 4. The lowest BCUT2D eigenvalue weighted by Gasteiger charge is -2.24. The zero-order chi connectivity index (χ0) is 15.4. The zero-order valence-electron chi connectivity index (χ0n) is 12.4. The van der Waals surface area contributed by atoms with Gasteiger partial charge in [-0.2, -0.15) is 0 Å². The number of fused-ring (bicyclic) bond motifs is 1. The van der Waals surface area contributed by atoms with E-state index in [0.29, 0.717) is 18.5 Å². The van der Waals surface area contributed by atoms with Gasteiger partial charge in [0.2, 0.25) is 0 Å². The number of aromatic nitrogens is 1. The van der Waals surface area contributed by atoms with E-state index < -0.39 is 0 Å². The highest BCUT2D eigenvalue weighted by Gasteiger charge is 2.15. The summed E-state index contributed by atoms with van der Waals surface area (Å²) in [5.41, 5.74) is 1.17. The van der Waals surface area contributed by atoms with Gasteiger partial charge >= 0.3 is 0 Å². The molecule has 1 aromatic heterocycles. The standard InChI is InChI=1S/C16H19N3O3/c20-11-13-15(17-5-6-19-7-9-22-10-8-19)12-3-1-2-4-14(12)18-16(13)21/h1-4,11H,5-10H2,(H2,17,18,21)/p+1. The molecule has 2 heterocycles. The highest BCUT2D eigenvalue weighted by Crippen LogP contribution is 2.22. The van der Waals surface area contributed by atoms with Gasteiger partial charge < -0.3 is 19.9 Å². The third-order valence-corrected chi connectivity index (χ3v) is 4.06. The number of morpholine rings is 1. The van der Waals surface area contributed by atoms with E-state index in [-0.39, 0.29) is 11.1 Å². The Labute approximate surface area is 128 Å². The van der Waals surface area contributed by atoms with Gasteiger partial charge in [-0.05, 0) is 6.07 Å². The number of para-hydroxylation sites is 1. The largest absolute Gasteiger partial charge is 0.378 e. The van der Waals surface area contributed by atoms with Gasteiger partial charge in [0, 0.05) is 5.39 Å². The fourth-order valence-electron chi connectivity index (χ4n) is 2.84. The Morgan fingerprint density at radius 2 is 2.05 bits per heavy atom. The molecular formula is C16H20N3O3+. The predicted octanol–water partition coefficient (Wildman–Crippen LogP) is -0.332. The molecule has 22 heavy (non-hydrogen) atoms. The fraction of sp³-hybridized carbons (Fsp3) is 0.375. The van der Waals surface area contributed by atoms with Crippen molar-refractivity contribution in [2.45, 2.75) is 0 Å². The van der Waals surface area contributed by atoms with Gasteiger partial charge in [0.05, 0.1) is 37.5 Å². The lowest BCUT2D eigenvalue weighted by Crippen LogP contribution is -3.14. The van der Waals surface area contributed by atoms with Crippen LogP contribution in [0.1, 0.15) is 10.4 Å². The lowest BCUT2D eigenvalue weighted by atomic mass is 10.1. The fourth-order valence-corrected chi connectivity index (χ4v) is 2.84. The minimum Gasteiger partial charge on any atom is -0.378 e. The average Bonchev–Trinajstić information content (AvgIpc) is 2.55. The van der Waals surface area contributed by atoms with Gasteiger partial charge in [-0.25, -0.2) is 0 Å². The maximum Gasteiger partial charge on any atom is 0.261 e. The second-order valence-corrected chi connectivity index (χ2v) is 5.45. The molecule has 1 fully saturated rings. The van der Waals surface area contributed by atoms with Crippen molar-refractivity contribution in [1.29, 1.82) is 0 Å². The minimum atomic E-state index is -0.352. The Kier molecular flexibility index (Phi) is 4.50. The number of benzene rings is 1. The van der Waals surface area contributed by atoms with Gasteiger partial charge in [-0.3, -0.25) is 9.59 Å². The number of anilines is 1. The summed E-state index contributed by atoms with van der Waals surface area (Å²) in [6.45, 7) is 5.23. The topological polar surface area (TPSA) is 75.6 Å². The van der Waals surface area contributed by atoms with Crippen molar-refractivity contribution in [3.05, 3.63) is 40.2 Å². The van der Waals surface area contributed by atoms with Gasteiger partial charge in [0.1, 0.15) is 18.7 Å². The van der Waals surface area contributed by atoms with E-state index in [1.54, 1.807) is 0 Å². The summed E-state index contributed by atoms with van der Waals surface area (Å²) in [5.74, 6) is 0. The van der Waals surface area contributed by atoms with Crippen LogP contribution in [0.3, 0.4) is 0 Å². The van der Waals surface area contributed by atoms with Crippen LogP contribution < -0.4 is 15.8 Å². The molecule has 0 unspecified atom stereocenters. The Morgan fingerprint density at radius 1 is 1.27 bits per heavy atom. The van der Waals surface area contributed by atoms with E-state index in [0.717, 1.165) is 43.8 Å². The number of H-pyrrole nitrogens is 1. The molecule has 1 saturated heterocycles. The maximum absolute atomic E-state index is 12.0. The molecule has 6 nitrogen and oxygen atoms in total. The Bertz CT molecular complexity index is 720. The van der Waals surface area contributed by atoms with Crippen LogP contribution in [0.15, 0.2) is 29.1 Å². The number of rotatable bonds is 5. The van der Waals surface area contributed by atoms with Crippen molar-refractivity contribution in [2.24, 2.45) is 0 Å². The Hall–Kier alpha value is -2.18. The number of quaternary nitrogens is 1. The lowest BCUT2D eigenvalue weighted by molar-refractivity contribution is -0.906. The smallest absolute Gasteiger partial charge is 0.261 e. The molecule has 6 heteroatoms. The molecule has 1 aliphatic rings. The molecule has 2 aromatic rings. The van der Waals surface area contributed by atoms with Gasteiger partial charge in [0.15, 0.2) is 6.29 Å². The number of aldehydes is 1. The molecule has 3 rings (SSSR count). The molecular weight excluding hydrogens is 282 g/mol. The summed E-state index contributed by atoms with van der Waals surface area (Å²) in [6.07, 6.45) is 0.620. The van der Waals surface area contributed by atoms with Gasteiger partial charge in [-0.1, -0.05) is 18.2 Å². The van der Waals surface area contributed by atoms with Crippen molar-refractivity contribution in [1.82, 2.24) is 4.98 Å². The number of hydrogen-bond donors (Lipinski definition) is 3. The number of nitrogens with one attached hydrogen (secondary N) is 3. The highest BCUT2D eigenvalue weighted by molar-refractivity contribution is 5.99. The van der Waals surface area contributed by atoms with Crippen LogP contribution in [0.4, 0.5) is 5.69 Å². The van der Waals surface area contributed by atoms with Crippen LogP contribution in [-0.2, 0) is 4.74 Å². The second-order valence-electron chi connectivity index (χ2n) is 5.45. The van der Waals surface area contributed by atoms with E-state index in [4.69, 9.17) is 4.74 Å². The van der Waals surface area contributed by atoms with Crippen molar-refractivity contribution in [2.75, 3.05) is 44.7 Å². The normalized spacial score (nSPS) is 15.8. The van der Waals surface area contributed by atoms with Crippen molar-refractivity contribution >= 4 is 22.9 Å². The van der Waals surface area contributed by atoms with E-state index in [9.17, 15) is 9.59 Å². The molecule has 116 valence electrons. The van der Waals surface area contributed by atoms with Crippen molar-refractivity contribution in [3.8, 4) is 0 Å². The molecule has 0 bridgehead atoms. The third-order valence-electron chi connectivity index (χ3n) is 4.06. The minimum absolute atomic E-state index is 0.163. The number of ether oxygens (including phenoxy) is 1. The summed E-state index contributed by atoms with van der Waals surface area (Å²) in [6, 6.07) is 7.50. The Morgan fingerprint density at radius 3 is 2.82 bits per heavy atom. The van der Waals surface area contributed by atoms with Crippen LogP contribution in [0, 0.1) is 0 Å². The molecule has 1 aromatic carbocycles. The summed E-state index contributed by atoms with van der Waals surface area (Å²) in [7, 11) is 0. The quantitative estimate of drug-likeness (QED) is 0.661. The van der Waals surface area contributed by atoms with Crippen LogP contribution in [-0.4, -0.2) is 50.7 Å². The van der Waals surface area contributed by atoms with Crippen LogP contribution in [0.25, 0.3) is 10.9 Å². The predicted molar refractivity (Wildman–Crippen MR) is 84.8 cm³/mol. The Balaban J connectivity index is 1.82. The summed E-state index contributed by atoms with van der Waals surface area (Å²) in [4.78, 5) is 27.5. The third kappa shape index (κ3) is 3.03. The molecule has 0 saturated carbocycles. The zero-order valence-corrected chi connectivity index (χ0v) is 12.4. The monoisotopic (exact) mass is 302 g/mol. The first-order valence-corrected chi connectivity index (χ1v) is 7.55. The molecule has 0 aliphatic carbocycles. The summed E-state index contributed by atoms with van der Waals surface area (Å²) >= 11 is 0. The molecule has 3 N–H and O–H groups in total. The first-order valence-electron chi connectivity index (χ1n) is 7.55. The molecule has 1 aliphatic heterocycles. The molecule has 0 spiro atoms. The van der Waals surface area contributed by atoms with E-state index in [1.807, 2.05) is 24.3 Å². The summed E-state index contributed by atoms with van der Waals surface area (Å²) < 4.78 is 5.34. The maximum atomic E-state index is 12.0. The number of pyridine rings is 1. The first kappa shape index (κ1) is 14.7. The van der Waals surface area contributed by atoms with Gasteiger partial charge in [0.25, 0.3) is 5.56 Å². The first-order chi connectivity index (χ1) is 10.8. The van der Waals surface area contributed by atoms with E-state index >= 15 is 0 Å². The number of aromatic amines is 1. The van der Waals surface area contributed by atoms with Crippen molar-refractivity contribution < 1.29 is 14.4 Å².